The molecule has 2 saturated carbocycles. The summed E-state index contributed by atoms with van der Waals surface area (Å²) in [7, 11) is 1.71. The zero-order valence-electron chi connectivity index (χ0n) is 20.4. The highest BCUT2D eigenvalue weighted by atomic mass is 16.5. The van der Waals surface area contributed by atoms with Crippen molar-refractivity contribution < 1.29 is 9.53 Å². The fourth-order valence-electron chi connectivity index (χ4n) is 7.69. The van der Waals surface area contributed by atoms with Gasteiger partial charge in [-0.15, -0.1) is 0 Å². The lowest BCUT2D eigenvalue weighted by molar-refractivity contribution is -0.129. The van der Waals surface area contributed by atoms with Crippen molar-refractivity contribution in [1.82, 2.24) is 9.97 Å². The Labute approximate surface area is 205 Å². The first-order valence-electron chi connectivity index (χ1n) is 13.0. The summed E-state index contributed by atoms with van der Waals surface area (Å²) in [6, 6.07) is 17.1. The number of benzene rings is 2. The SMILES string of the molecule is COc1ccc(-c2c3c(cc4cc5ncccc5nc24)[C@H]2CC[C@]4(C)C(=O)CC[C@H]4[C@@H]2CC3)cc1. The van der Waals surface area contributed by atoms with E-state index in [4.69, 9.17) is 9.72 Å². The molecule has 0 N–H and O–H groups in total. The standard InChI is InChI=1S/C31H30N2O2/c1-31-14-13-21-22(25(31)11-12-28(31)34)9-10-23-24(21)16-19-17-27-26(4-3-15-32-27)33-30(19)29(23)18-5-7-20(35-2)8-6-18/h3-8,15-17,21-22,25H,9-14H2,1-2H3/t21-,22+,25-,31-/m0/s1. The van der Waals surface area contributed by atoms with Gasteiger partial charge in [0.1, 0.15) is 11.5 Å². The van der Waals surface area contributed by atoms with Gasteiger partial charge in [-0.05, 0) is 103 Å². The van der Waals surface area contributed by atoms with Crippen molar-refractivity contribution in [3.63, 3.8) is 0 Å². The molecule has 4 atom stereocenters. The summed E-state index contributed by atoms with van der Waals surface area (Å²) in [6.45, 7) is 2.25. The summed E-state index contributed by atoms with van der Waals surface area (Å²) in [5.74, 6) is 3.01. The zero-order chi connectivity index (χ0) is 23.7. The van der Waals surface area contributed by atoms with E-state index in [9.17, 15) is 4.79 Å². The van der Waals surface area contributed by atoms with Gasteiger partial charge in [-0.25, -0.2) is 4.98 Å². The summed E-state index contributed by atoms with van der Waals surface area (Å²) < 4.78 is 5.44. The fourth-order valence-corrected chi connectivity index (χ4v) is 7.69. The summed E-state index contributed by atoms with van der Waals surface area (Å²) >= 11 is 0. The van der Waals surface area contributed by atoms with Gasteiger partial charge in [0, 0.05) is 29.0 Å². The molecule has 0 unspecified atom stereocenters. The lowest BCUT2D eigenvalue weighted by atomic mass is 9.55. The van der Waals surface area contributed by atoms with E-state index in [2.05, 4.69) is 36.2 Å². The van der Waals surface area contributed by atoms with Crippen LogP contribution in [0.4, 0.5) is 0 Å². The Bertz CT molecular complexity index is 1490. The molecule has 0 amide bonds. The van der Waals surface area contributed by atoms with E-state index >= 15 is 0 Å². The molecule has 4 nitrogen and oxygen atoms in total. The second kappa shape index (κ2) is 7.61. The minimum absolute atomic E-state index is 0.101. The minimum Gasteiger partial charge on any atom is -0.497 e. The molecule has 3 aliphatic rings. The third kappa shape index (κ3) is 3.01. The molecule has 4 heteroatoms. The monoisotopic (exact) mass is 462 g/mol. The summed E-state index contributed by atoms with van der Waals surface area (Å²) in [5.41, 5.74) is 8.22. The number of pyridine rings is 2. The van der Waals surface area contributed by atoms with Gasteiger partial charge in [0.05, 0.1) is 23.7 Å². The van der Waals surface area contributed by atoms with Crippen LogP contribution in [0.3, 0.4) is 0 Å². The minimum atomic E-state index is -0.101. The molecule has 2 aromatic carbocycles. The van der Waals surface area contributed by atoms with Gasteiger partial charge in [0.25, 0.3) is 0 Å². The molecule has 2 aromatic heterocycles. The average molecular weight is 463 g/mol. The Morgan fingerprint density at radius 1 is 1.00 bits per heavy atom. The van der Waals surface area contributed by atoms with Crippen LogP contribution in [0.5, 0.6) is 5.75 Å². The van der Waals surface area contributed by atoms with E-state index < -0.39 is 0 Å². The second-order valence-electron chi connectivity index (χ2n) is 11.0. The Morgan fingerprint density at radius 2 is 1.86 bits per heavy atom. The summed E-state index contributed by atoms with van der Waals surface area (Å²) in [6.07, 6.45) is 8.01. The molecule has 2 fully saturated rings. The Hall–Kier alpha value is -3.27. The average Bonchev–Trinajstić information content (AvgIpc) is 3.20. The third-order valence-corrected chi connectivity index (χ3v) is 9.46. The fraction of sp³-hybridized carbons (Fsp3) is 0.387. The quantitative estimate of drug-likeness (QED) is 0.305. The van der Waals surface area contributed by atoms with Crippen molar-refractivity contribution in [2.45, 2.75) is 51.4 Å². The molecule has 35 heavy (non-hydrogen) atoms. The topological polar surface area (TPSA) is 52.1 Å². The van der Waals surface area contributed by atoms with Gasteiger partial charge < -0.3 is 4.74 Å². The molecule has 3 aliphatic carbocycles. The highest BCUT2D eigenvalue weighted by Crippen LogP contribution is 2.60. The van der Waals surface area contributed by atoms with Crippen LogP contribution < -0.4 is 4.74 Å². The van der Waals surface area contributed by atoms with Crippen LogP contribution in [0.1, 0.15) is 56.1 Å². The van der Waals surface area contributed by atoms with Crippen LogP contribution in [0, 0.1) is 17.3 Å². The molecule has 0 spiro atoms. The van der Waals surface area contributed by atoms with Crippen molar-refractivity contribution in [3.8, 4) is 16.9 Å². The number of ketones is 1. The van der Waals surface area contributed by atoms with E-state index in [0.29, 0.717) is 23.5 Å². The molecule has 2 heterocycles. The maximum absolute atomic E-state index is 12.8. The first-order chi connectivity index (χ1) is 17.1. The van der Waals surface area contributed by atoms with E-state index in [1.165, 1.54) is 22.3 Å². The van der Waals surface area contributed by atoms with Crippen molar-refractivity contribution in [2.75, 3.05) is 7.11 Å². The molecular formula is C31H30N2O2. The van der Waals surface area contributed by atoms with Gasteiger partial charge in [-0.1, -0.05) is 19.1 Å². The molecular weight excluding hydrogens is 432 g/mol. The van der Waals surface area contributed by atoms with Crippen LogP contribution >= 0.6 is 0 Å². The molecule has 0 radical (unpaired) electrons. The molecule has 7 rings (SSSR count). The zero-order valence-corrected chi connectivity index (χ0v) is 20.4. The first kappa shape index (κ1) is 21.0. The van der Waals surface area contributed by atoms with Crippen LogP contribution in [0.25, 0.3) is 33.1 Å². The largest absolute Gasteiger partial charge is 0.497 e. The van der Waals surface area contributed by atoms with Crippen molar-refractivity contribution >= 4 is 27.7 Å². The van der Waals surface area contributed by atoms with E-state index in [0.717, 1.165) is 66.2 Å². The molecule has 0 bridgehead atoms. The van der Waals surface area contributed by atoms with Gasteiger partial charge in [-0.2, -0.15) is 0 Å². The van der Waals surface area contributed by atoms with E-state index in [-0.39, 0.29) is 5.41 Å². The number of rotatable bonds is 2. The number of Topliss-reactive ketones (excluding diaryl/α,β-unsaturated/α-hetero) is 1. The van der Waals surface area contributed by atoms with Crippen LogP contribution in [-0.2, 0) is 11.2 Å². The predicted octanol–water partition coefficient (Wildman–Crippen LogP) is 6.88. The third-order valence-electron chi connectivity index (χ3n) is 9.46. The van der Waals surface area contributed by atoms with Gasteiger partial charge >= 0.3 is 0 Å². The number of carbonyl (C=O) groups excluding carboxylic acids is 1. The highest BCUT2D eigenvalue weighted by molar-refractivity contribution is 6.01. The maximum atomic E-state index is 12.8. The Morgan fingerprint density at radius 3 is 2.69 bits per heavy atom. The molecule has 4 aromatic rings. The van der Waals surface area contributed by atoms with Gasteiger partial charge in [-0.3, -0.25) is 9.78 Å². The number of hydrogen-bond donors (Lipinski definition) is 0. The first-order valence-corrected chi connectivity index (χ1v) is 13.0. The van der Waals surface area contributed by atoms with Crippen LogP contribution in [0.15, 0.2) is 54.7 Å². The number of ether oxygens (including phenoxy) is 1. The Balaban J connectivity index is 1.46. The maximum Gasteiger partial charge on any atom is 0.139 e. The second-order valence-corrected chi connectivity index (χ2v) is 11.0. The van der Waals surface area contributed by atoms with E-state index in [1.54, 1.807) is 7.11 Å². The van der Waals surface area contributed by atoms with Crippen molar-refractivity contribution in [3.05, 3.63) is 65.9 Å². The van der Waals surface area contributed by atoms with Crippen LogP contribution in [0.2, 0.25) is 0 Å². The molecule has 0 saturated heterocycles. The summed E-state index contributed by atoms with van der Waals surface area (Å²) in [4.78, 5) is 22.6. The predicted molar refractivity (Wildman–Crippen MR) is 139 cm³/mol. The normalized spacial score (nSPS) is 27.5. The van der Waals surface area contributed by atoms with Gasteiger partial charge in [0.2, 0.25) is 0 Å². The number of carbonyl (C=O) groups is 1. The van der Waals surface area contributed by atoms with E-state index in [1.807, 2.05) is 30.5 Å². The number of fused-ring (bicyclic) bond motifs is 7. The number of nitrogens with zero attached hydrogens (tertiary/aromatic N) is 2. The summed E-state index contributed by atoms with van der Waals surface area (Å²) in [5, 5.41) is 1.16. The highest BCUT2D eigenvalue weighted by Gasteiger charge is 2.54. The molecule has 176 valence electrons. The van der Waals surface area contributed by atoms with Crippen molar-refractivity contribution in [2.24, 2.45) is 17.3 Å². The number of hydrogen-bond acceptors (Lipinski definition) is 4. The van der Waals surface area contributed by atoms with Gasteiger partial charge in [0.15, 0.2) is 0 Å². The van der Waals surface area contributed by atoms with Crippen molar-refractivity contribution in [1.29, 1.82) is 0 Å². The number of aromatic nitrogens is 2. The molecule has 0 aliphatic heterocycles. The lowest BCUT2D eigenvalue weighted by Gasteiger charge is -2.48. The smallest absolute Gasteiger partial charge is 0.139 e. The van der Waals surface area contributed by atoms with Crippen LogP contribution in [-0.4, -0.2) is 22.9 Å². The lowest BCUT2D eigenvalue weighted by Crippen LogP contribution is -2.42. The number of methoxy groups -OCH3 is 1. The Kier molecular flexibility index (Phi) is 4.58.